The average molecular weight is 324 g/mol. The Hall–Kier alpha value is -2.43. The number of pyridine rings is 2. The van der Waals surface area contributed by atoms with E-state index in [1.54, 1.807) is 6.20 Å². The summed E-state index contributed by atoms with van der Waals surface area (Å²) in [6, 6.07) is 13.9. The largest absolute Gasteiger partial charge is 0.390 e. The molecule has 0 fully saturated rings. The van der Waals surface area contributed by atoms with Crippen molar-refractivity contribution in [3.63, 3.8) is 0 Å². The number of rotatable bonds is 3. The molecule has 4 aromatic rings. The van der Waals surface area contributed by atoms with E-state index in [1.807, 2.05) is 47.0 Å². The van der Waals surface area contributed by atoms with Crippen molar-refractivity contribution in [2.24, 2.45) is 0 Å². The summed E-state index contributed by atoms with van der Waals surface area (Å²) in [6.45, 7) is -0.0647. The third-order valence-electron chi connectivity index (χ3n) is 3.92. The third-order valence-corrected chi connectivity index (χ3v) is 4.13. The normalized spacial score (nSPS) is 11.4. The Morgan fingerprint density at radius 1 is 1.13 bits per heavy atom. The van der Waals surface area contributed by atoms with Gasteiger partial charge in [0.05, 0.1) is 28.4 Å². The van der Waals surface area contributed by atoms with Crippen LogP contribution >= 0.6 is 11.6 Å². The molecule has 0 saturated carbocycles. The van der Waals surface area contributed by atoms with E-state index in [0.29, 0.717) is 17.1 Å². The van der Waals surface area contributed by atoms with Gasteiger partial charge in [0.25, 0.3) is 0 Å². The summed E-state index contributed by atoms with van der Waals surface area (Å²) in [5.74, 6) is 0.902. The van der Waals surface area contributed by atoms with Gasteiger partial charge in [0, 0.05) is 24.2 Å². The molecule has 0 spiro atoms. The van der Waals surface area contributed by atoms with Gasteiger partial charge in [-0.1, -0.05) is 23.7 Å². The zero-order valence-corrected chi connectivity index (χ0v) is 13.0. The molecule has 4 rings (SSSR count). The molecule has 0 radical (unpaired) electrons. The van der Waals surface area contributed by atoms with Crippen LogP contribution in [-0.2, 0) is 13.0 Å². The van der Waals surface area contributed by atoms with Gasteiger partial charge in [0.15, 0.2) is 0 Å². The monoisotopic (exact) mass is 323 g/mol. The molecule has 0 aliphatic heterocycles. The van der Waals surface area contributed by atoms with E-state index in [-0.39, 0.29) is 6.61 Å². The fraction of sp³-hybridized carbons (Fsp3) is 0.111. The van der Waals surface area contributed by atoms with E-state index < -0.39 is 0 Å². The molecule has 0 aliphatic carbocycles. The Bertz CT molecular complexity index is 1010. The molecule has 23 heavy (non-hydrogen) atoms. The van der Waals surface area contributed by atoms with E-state index >= 15 is 0 Å². The smallest absolute Gasteiger partial charge is 0.118 e. The number of fused-ring (bicyclic) bond motifs is 2. The van der Waals surface area contributed by atoms with Crippen LogP contribution in [0.1, 0.15) is 17.1 Å². The first kappa shape index (κ1) is 14.2. The minimum Gasteiger partial charge on any atom is -0.390 e. The van der Waals surface area contributed by atoms with Crippen LogP contribution in [0.2, 0.25) is 5.02 Å². The zero-order chi connectivity index (χ0) is 15.8. The predicted molar refractivity (Wildman–Crippen MR) is 90.7 cm³/mol. The Morgan fingerprint density at radius 2 is 2.04 bits per heavy atom. The van der Waals surface area contributed by atoms with Crippen LogP contribution in [0.3, 0.4) is 0 Å². The van der Waals surface area contributed by atoms with Gasteiger partial charge < -0.3 is 9.51 Å². The molecule has 3 heterocycles. The lowest BCUT2D eigenvalue weighted by Gasteiger charge is -2.04. The van der Waals surface area contributed by atoms with Crippen LogP contribution in [0.25, 0.3) is 16.4 Å². The van der Waals surface area contributed by atoms with Crippen LogP contribution in [0.15, 0.2) is 54.9 Å². The van der Waals surface area contributed by atoms with Crippen molar-refractivity contribution >= 4 is 28.0 Å². The van der Waals surface area contributed by atoms with Crippen molar-refractivity contribution in [3.05, 3.63) is 77.0 Å². The molecule has 0 atom stereocenters. The van der Waals surface area contributed by atoms with Crippen LogP contribution in [0, 0.1) is 0 Å². The molecular formula is C18H14ClN3O. The zero-order valence-electron chi connectivity index (χ0n) is 12.3. The number of hydrogen-bond donors (Lipinski definition) is 1. The lowest BCUT2D eigenvalue weighted by molar-refractivity contribution is 0.279. The maximum absolute atomic E-state index is 9.49. The molecule has 1 N–H and O–H groups in total. The number of nitrogens with zero attached hydrogens (tertiary/aromatic N) is 3. The SMILES string of the molecule is OCc1nc(Cc2ccc3ncc(Cl)cc3c2)n2ccccc12. The fourth-order valence-electron chi connectivity index (χ4n) is 2.86. The second-order valence-electron chi connectivity index (χ2n) is 5.45. The lowest BCUT2D eigenvalue weighted by Crippen LogP contribution is -1.96. The molecule has 4 nitrogen and oxygen atoms in total. The van der Waals surface area contributed by atoms with Gasteiger partial charge in [-0.25, -0.2) is 4.98 Å². The number of halogens is 1. The molecule has 1 aromatic carbocycles. The van der Waals surface area contributed by atoms with E-state index in [0.717, 1.165) is 27.8 Å². The number of aliphatic hydroxyl groups excluding tert-OH is 1. The Balaban J connectivity index is 1.78. The summed E-state index contributed by atoms with van der Waals surface area (Å²) in [4.78, 5) is 8.88. The van der Waals surface area contributed by atoms with E-state index in [1.165, 1.54) is 0 Å². The first-order valence-electron chi connectivity index (χ1n) is 7.34. The summed E-state index contributed by atoms with van der Waals surface area (Å²) in [7, 11) is 0. The van der Waals surface area contributed by atoms with Crippen LogP contribution < -0.4 is 0 Å². The lowest BCUT2D eigenvalue weighted by atomic mass is 10.1. The van der Waals surface area contributed by atoms with Crippen molar-refractivity contribution < 1.29 is 5.11 Å². The van der Waals surface area contributed by atoms with Crippen molar-refractivity contribution in [1.82, 2.24) is 14.4 Å². The number of aromatic nitrogens is 3. The van der Waals surface area contributed by atoms with Crippen molar-refractivity contribution in [2.45, 2.75) is 13.0 Å². The van der Waals surface area contributed by atoms with Crippen molar-refractivity contribution in [2.75, 3.05) is 0 Å². The molecule has 3 aromatic heterocycles. The molecule has 0 bridgehead atoms. The van der Waals surface area contributed by atoms with Gasteiger partial charge in [-0.05, 0) is 35.9 Å². The van der Waals surface area contributed by atoms with E-state index in [4.69, 9.17) is 11.6 Å². The number of benzene rings is 1. The highest BCUT2D eigenvalue weighted by atomic mass is 35.5. The quantitative estimate of drug-likeness (QED) is 0.626. The highest BCUT2D eigenvalue weighted by Gasteiger charge is 2.10. The van der Waals surface area contributed by atoms with Gasteiger partial charge in [0.1, 0.15) is 5.82 Å². The predicted octanol–water partition coefficient (Wildman–Crippen LogP) is 3.62. The van der Waals surface area contributed by atoms with Crippen LogP contribution in [-0.4, -0.2) is 19.5 Å². The second kappa shape index (κ2) is 5.65. The number of aliphatic hydroxyl groups is 1. The van der Waals surface area contributed by atoms with Gasteiger partial charge >= 0.3 is 0 Å². The Morgan fingerprint density at radius 3 is 2.91 bits per heavy atom. The van der Waals surface area contributed by atoms with Crippen molar-refractivity contribution in [1.29, 1.82) is 0 Å². The molecule has 0 saturated heterocycles. The molecule has 0 unspecified atom stereocenters. The highest BCUT2D eigenvalue weighted by Crippen LogP contribution is 2.21. The average Bonchev–Trinajstić information content (AvgIpc) is 2.92. The molecule has 0 aliphatic rings. The van der Waals surface area contributed by atoms with Crippen LogP contribution in [0.5, 0.6) is 0 Å². The van der Waals surface area contributed by atoms with Gasteiger partial charge in [-0.2, -0.15) is 0 Å². The minimum absolute atomic E-state index is 0.0647. The van der Waals surface area contributed by atoms with Gasteiger partial charge in [-0.15, -0.1) is 0 Å². The summed E-state index contributed by atoms with van der Waals surface area (Å²) in [5.41, 5.74) is 3.69. The van der Waals surface area contributed by atoms with Gasteiger partial charge in [0.2, 0.25) is 0 Å². The molecule has 5 heteroatoms. The first-order chi connectivity index (χ1) is 11.2. The minimum atomic E-state index is -0.0647. The third kappa shape index (κ3) is 2.56. The summed E-state index contributed by atoms with van der Waals surface area (Å²) in [6.07, 6.45) is 4.29. The van der Waals surface area contributed by atoms with Crippen LogP contribution in [0.4, 0.5) is 0 Å². The second-order valence-corrected chi connectivity index (χ2v) is 5.88. The first-order valence-corrected chi connectivity index (χ1v) is 7.72. The molecular weight excluding hydrogens is 310 g/mol. The summed E-state index contributed by atoms with van der Waals surface area (Å²) < 4.78 is 2.02. The summed E-state index contributed by atoms with van der Waals surface area (Å²) in [5, 5.41) is 11.1. The van der Waals surface area contributed by atoms with Crippen molar-refractivity contribution in [3.8, 4) is 0 Å². The maximum atomic E-state index is 9.49. The Kier molecular flexibility index (Phi) is 3.48. The molecule has 114 valence electrons. The summed E-state index contributed by atoms with van der Waals surface area (Å²) >= 11 is 6.02. The highest BCUT2D eigenvalue weighted by molar-refractivity contribution is 6.31. The van der Waals surface area contributed by atoms with E-state index in [2.05, 4.69) is 16.0 Å². The topological polar surface area (TPSA) is 50.4 Å². The molecule has 0 amide bonds. The van der Waals surface area contributed by atoms with Gasteiger partial charge in [-0.3, -0.25) is 4.98 Å². The van der Waals surface area contributed by atoms with E-state index in [9.17, 15) is 5.11 Å². The number of imidazole rings is 1. The number of hydrogen-bond acceptors (Lipinski definition) is 3. The maximum Gasteiger partial charge on any atom is 0.118 e. The Labute approximate surface area is 138 Å². The fourth-order valence-corrected chi connectivity index (χ4v) is 3.02. The standard InChI is InChI=1S/C18H14ClN3O/c19-14-9-13-7-12(4-5-15(13)20-10-14)8-18-21-16(11-23)17-3-1-2-6-22(17)18/h1-7,9-10,23H,8,11H2.